The van der Waals surface area contributed by atoms with Crippen molar-refractivity contribution in [3.05, 3.63) is 35.4 Å². The third-order valence-electron chi connectivity index (χ3n) is 4.16. The Kier molecular flexibility index (Phi) is 2.27. The minimum absolute atomic E-state index is 0.176. The van der Waals surface area contributed by atoms with Gasteiger partial charge in [-0.15, -0.1) is 0 Å². The monoisotopic (exact) mass is 241 g/mol. The van der Waals surface area contributed by atoms with Crippen molar-refractivity contribution in [2.75, 3.05) is 13.1 Å². The number of fused-ring (bicyclic) bond motifs is 1. The molecule has 1 heterocycles. The molecule has 4 heteroatoms. The van der Waals surface area contributed by atoms with Crippen LogP contribution >= 0.6 is 0 Å². The molecule has 0 bridgehead atoms. The van der Waals surface area contributed by atoms with Crippen molar-refractivity contribution >= 4 is 0 Å². The van der Waals surface area contributed by atoms with Crippen LogP contribution in [0.15, 0.2) is 24.3 Å². The second-order valence-electron chi connectivity index (χ2n) is 5.09. The normalized spacial score (nSPS) is 32.1. The highest BCUT2D eigenvalue weighted by molar-refractivity contribution is 5.37. The molecule has 1 N–H and O–H groups in total. The highest BCUT2D eigenvalue weighted by Gasteiger charge is 2.55. The summed E-state index contributed by atoms with van der Waals surface area (Å²) in [5.74, 6) is 0.619. The van der Waals surface area contributed by atoms with Crippen LogP contribution in [0.25, 0.3) is 0 Å². The average Bonchev–Trinajstić information content (AvgIpc) is 3.03. The third-order valence-corrected chi connectivity index (χ3v) is 4.16. The van der Waals surface area contributed by atoms with E-state index in [1.165, 1.54) is 12.1 Å². The first-order valence-electron chi connectivity index (χ1n) is 5.91. The molecular formula is C13H14F3N. The van der Waals surface area contributed by atoms with Gasteiger partial charge in [0.25, 0.3) is 0 Å². The van der Waals surface area contributed by atoms with Gasteiger partial charge in [-0.1, -0.05) is 12.1 Å². The van der Waals surface area contributed by atoms with E-state index in [1.807, 2.05) is 0 Å². The fraction of sp³-hybridized carbons (Fsp3) is 0.538. The Morgan fingerprint density at radius 2 is 1.88 bits per heavy atom. The second-order valence-corrected chi connectivity index (χ2v) is 5.09. The summed E-state index contributed by atoms with van der Waals surface area (Å²) in [5, 5.41) is 3.33. The van der Waals surface area contributed by atoms with Crippen molar-refractivity contribution in [3.63, 3.8) is 0 Å². The van der Waals surface area contributed by atoms with E-state index in [2.05, 4.69) is 5.32 Å². The predicted molar refractivity (Wildman–Crippen MR) is 58.7 cm³/mol. The van der Waals surface area contributed by atoms with Crippen molar-refractivity contribution in [1.29, 1.82) is 0 Å². The Morgan fingerprint density at radius 1 is 1.18 bits per heavy atom. The fourth-order valence-corrected chi connectivity index (χ4v) is 3.03. The van der Waals surface area contributed by atoms with Crippen LogP contribution in [0.5, 0.6) is 0 Å². The molecule has 1 saturated carbocycles. The minimum Gasteiger partial charge on any atom is -0.316 e. The van der Waals surface area contributed by atoms with Crippen LogP contribution in [0.3, 0.4) is 0 Å². The van der Waals surface area contributed by atoms with Gasteiger partial charge in [-0.2, -0.15) is 13.2 Å². The van der Waals surface area contributed by atoms with Gasteiger partial charge in [-0.05, 0) is 49.5 Å². The second kappa shape index (κ2) is 3.48. The van der Waals surface area contributed by atoms with Crippen molar-refractivity contribution in [2.24, 2.45) is 5.92 Å². The lowest BCUT2D eigenvalue weighted by molar-refractivity contribution is -0.137. The quantitative estimate of drug-likeness (QED) is 0.797. The zero-order valence-corrected chi connectivity index (χ0v) is 9.35. The maximum absolute atomic E-state index is 12.5. The summed E-state index contributed by atoms with van der Waals surface area (Å²) >= 11 is 0. The van der Waals surface area contributed by atoms with Gasteiger partial charge in [-0.3, -0.25) is 0 Å². The lowest BCUT2D eigenvalue weighted by atomic mass is 9.87. The number of hydrogen-bond acceptors (Lipinski definition) is 1. The minimum atomic E-state index is -4.23. The van der Waals surface area contributed by atoms with Crippen molar-refractivity contribution in [2.45, 2.75) is 24.4 Å². The Balaban J connectivity index is 1.86. The summed E-state index contributed by atoms with van der Waals surface area (Å²) in [6, 6.07) is 5.74. The molecule has 0 radical (unpaired) electrons. The van der Waals surface area contributed by atoms with Crippen LogP contribution in [-0.4, -0.2) is 13.1 Å². The van der Waals surface area contributed by atoms with Crippen molar-refractivity contribution < 1.29 is 13.2 Å². The van der Waals surface area contributed by atoms with Crippen molar-refractivity contribution in [3.8, 4) is 0 Å². The van der Waals surface area contributed by atoms with E-state index in [4.69, 9.17) is 0 Å². The molecule has 1 aromatic carbocycles. The molecule has 1 aliphatic carbocycles. The molecule has 2 aliphatic rings. The maximum Gasteiger partial charge on any atom is 0.416 e. The molecule has 1 nitrogen and oxygen atoms in total. The zero-order valence-electron chi connectivity index (χ0n) is 9.35. The smallest absolute Gasteiger partial charge is 0.316 e. The highest BCUT2D eigenvalue weighted by Crippen LogP contribution is 2.57. The van der Waals surface area contributed by atoms with E-state index in [9.17, 15) is 13.2 Å². The molecule has 2 fully saturated rings. The molecule has 0 unspecified atom stereocenters. The molecular weight excluding hydrogens is 227 g/mol. The molecule has 1 aromatic rings. The largest absolute Gasteiger partial charge is 0.416 e. The molecule has 3 rings (SSSR count). The Bertz CT molecular complexity index is 423. The first-order valence-corrected chi connectivity index (χ1v) is 5.91. The van der Waals surface area contributed by atoms with Crippen molar-refractivity contribution in [1.82, 2.24) is 5.32 Å². The summed E-state index contributed by atoms with van der Waals surface area (Å²) in [7, 11) is 0. The summed E-state index contributed by atoms with van der Waals surface area (Å²) in [6.07, 6.45) is -2.07. The molecule has 0 amide bonds. The van der Waals surface area contributed by atoms with E-state index in [1.54, 1.807) is 12.1 Å². The van der Waals surface area contributed by atoms with Crippen LogP contribution in [-0.2, 0) is 11.6 Å². The van der Waals surface area contributed by atoms with Gasteiger partial charge in [0.1, 0.15) is 0 Å². The van der Waals surface area contributed by atoms with Gasteiger partial charge in [0.05, 0.1) is 5.56 Å². The molecule has 0 spiro atoms. The Labute approximate surface area is 98.0 Å². The van der Waals surface area contributed by atoms with Gasteiger partial charge < -0.3 is 5.32 Å². The van der Waals surface area contributed by atoms with Gasteiger partial charge in [-0.25, -0.2) is 0 Å². The standard InChI is InChI=1S/C13H14F3N/c14-13(15,16)10-3-1-9(2-4-10)12-5-6-17-8-11(12)7-12/h1-4,11,17H,5-8H2/t11-,12+/m1/s1. The van der Waals surface area contributed by atoms with Crippen LogP contribution in [0.4, 0.5) is 13.2 Å². The Hall–Kier alpha value is -1.03. The van der Waals surface area contributed by atoms with E-state index in [-0.39, 0.29) is 5.41 Å². The molecule has 92 valence electrons. The lowest BCUT2D eigenvalue weighted by Gasteiger charge is -2.23. The average molecular weight is 241 g/mol. The third kappa shape index (κ3) is 1.75. The number of rotatable bonds is 1. The lowest BCUT2D eigenvalue weighted by Crippen LogP contribution is -2.31. The molecule has 1 aliphatic heterocycles. The SMILES string of the molecule is FC(F)(F)c1ccc([C@@]23CCNC[C@H]2C3)cc1. The summed E-state index contributed by atoms with van der Waals surface area (Å²) in [6.45, 7) is 1.97. The van der Waals surface area contributed by atoms with Crippen LogP contribution < -0.4 is 5.32 Å². The fourth-order valence-electron chi connectivity index (χ4n) is 3.03. The number of piperidine rings is 1. The predicted octanol–water partition coefficient (Wildman–Crippen LogP) is 2.96. The number of benzene rings is 1. The molecule has 1 saturated heterocycles. The van der Waals surface area contributed by atoms with E-state index in [0.717, 1.165) is 31.5 Å². The molecule has 2 atom stereocenters. The highest BCUT2D eigenvalue weighted by atomic mass is 19.4. The van der Waals surface area contributed by atoms with Crippen LogP contribution in [0.1, 0.15) is 24.0 Å². The molecule has 17 heavy (non-hydrogen) atoms. The number of nitrogens with one attached hydrogen (secondary N) is 1. The first-order chi connectivity index (χ1) is 8.02. The Morgan fingerprint density at radius 3 is 2.47 bits per heavy atom. The maximum atomic E-state index is 12.5. The van der Waals surface area contributed by atoms with E-state index >= 15 is 0 Å². The van der Waals surface area contributed by atoms with Crippen LogP contribution in [0, 0.1) is 5.92 Å². The van der Waals surface area contributed by atoms with Crippen LogP contribution in [0.2, 0.25) is 0 Å². The van der Waals surface area contributed by atoms with Gasteiger partial charge in [0, 0.05) is 5.41 Å². The molecule has 0 aromatic heterocycles. The van der Waals surface area contributed by atoms with Gasteiger partial charge in [0.15, 0.2) is 0 Å². The van der Waals surface area contributed by atoms with E-state index < -0.39 is 11.7 Å². The zero-order chi connectivity index (χ0) is 12.1. The first kappa shape index (κ1) is 11.1. The number of halogens is 3. The topological polar surface area (TPSA) is 12.0 Å². The summed E-state index contributed by atoms with van der Waals surface area (Å²) in [5.41, 5.74) is 0.704. The number of alkyl halides is 3. The summed E-state index contributed by atoms with van der Waals surface area (Å²) in [4.78, 5) is 0. The summed E-state index contributed by atoms with van der Waals surface area (Å²) < 4.78 is 37.4. The van der Waals surface area contributed by atoms with Gasteiger partial charge in [0.2, 0.25) is 0 Å². The number of hydrogen-bond donors (Lipinski definition) is 1. The van der Waals surface area contributed by atoms with E-state index in [0.29, 0.717) is 5.92 Å². The van der Waals surface area contributed by atoms with Gasteiger partial charge >= 0.3 is 6.18 Å².